The van der Waals surface area contributed by atoms with Crippen LogP contribution in [0.1, 0.15) is 57.3 Å². The molecule has 1 spiro atoms. The van der Waals surface area contributed by atoms with Gasteiger partial charge in [-0.1, -0.05) is 58.4 Å². The number of aromatic nitrogens is 1. The van der Waals surface area contributed by atoms with Crippen LogP contribution in [0.15, 0.2) is 65.3 Å². The molecule has 2 aliphatic heterocycles. The number of piperidine rings is 1. The van der Waals surface area contributed by atoms with Gasteiger partial charge in [-0.05, 0) is 63.1 Å². The van der Waals surface area contributed by atoms with Crippen molar-refractivity contribution in [1.82, 2.24) is 14.8 Å². The highest BCUT2D eigenvalue weighted by Crippen LogP contribution is 2.53. The number of likely N-dealkylation sites (tertiary alicyclic amines) is 2. The van der Waals surface area contributed by atoms with Gasteiger partial charge in [-0.3, -0.25) is 9.88 Å². The lowest BCUT2D eigenvalue weighted by molar-refractivity contribution is -0.106. The van der Waals surface area contributed by atoms with Crippen LogP contribution >= 0.6 is 15.9 Å². The summed E-state index contributed by atoms with van der Waals surface area (Å²) < 4.78 is 12.4. The van der Waals surface area contributed by atoms with Crippen LogP contribution in [-0.4, -0.2) is 51.2 Å². The van der Waals surface area contributed by atoms with Gasteiger partial charge in [0.2, 0.25) is 0 Å². The van der Waals surface area contributed by atoms with Gasteiger partial charge in [-0.2, -0.15) is 0 Å². The van der Waals surface area contributed by atoms with Crippen LogP contribution < -0.4 is 0 Å². The molecular formula is C29H32BrN3O4. The molecule has 0 bridgehead atoms. The van der Waals surface area contributed by atoms with E-state index in [4.69, 9.17) is 14.5 Å². The van der Waals surface area contributed by atoms with Gasteiger partial charge in [0.15, 0.2) is 0 Å². The average Bonchev–Trinajstić information content (AvgIpc) is 2.86. The predicted molar refractivity (Wildman–Crippen MR) is 145 cm³/mol. The van der Waals surface area contributed by atoms with Crippen molar-refractivity contribution in [3.05, 3.63) is 76.5 Å². The lowest BCUT2D eigenvalue weighted by atomic mass is 9.70. The molecule has 3 heterocycles. The zero-order valence-electron chi connectivity index (χ0n) is 21.4. The van der Waals surface area contributed by atoms with Crippen molar-refractivity contribution in [3.8, 4) is 0 Å². The fourth-order valence-electron chi connectivity index (χ4n) is 5.44. The summed E-state index contributed by atoms with van der Waals surface area (Å²) in [5, 5.41) is 2.08. The number of rotatable bonds is 3. The van der Waals surface area contributed by atoms with Crippen molar-refractivity contribution in [2.45, 2.75) is 63.8 Å². The van der Waals surface area contributed by atoms with Gasteiger partial charge in [-0.25, -0.2) is 9.59 Å². The number of amides is 2. The number of fused-ring (bicyclic) bond motifs is 1. The first-order valence-electron chi connectivity index (χ1n) is 12.7. The van der Waals surface area contributed by atoms with E-state index < -0.39 is 5.60 Å². The van der Waals surface area contributed by atoms with Crippen molar-refractivity contribution < 1.29 is 19.1 Å². The topological polar surface area (TPSA) is 72.0 Å². The van der Waals surface area contributed by atoms with Crippen molar-refractivity contribution in [2.75, 3.05) is 13.1 Å². The number of hydrogen-bond donors (Lipinski definition) is 0. The molecule has 7 nitrogen and oxygen atoms in total. The van der Waals surface area contributed by atoms with Gasteiger partial charge in [0.25, 0.3) is 0 Å². The highest BCUT2D eigenvalue weighted by Gasteiger charge is 2.57. The molecule has 0 N–H and O–H groups in total. The normalized spacial score (nSPS) is 19.0. The van der Waals surface area contributed by atoms with E-state index in [1.165, 1.54) is 0 Å². The quantitative estimate of drug-likeness (QED) is 0.347. The van der Waals surface area contributed by atoms with Crippen LogP contribution in [0.2, 0.25) is 0 Å². The summed E-state index contributed by atoms with van der Waals surface area (Å²) in [5.74, 6) is 0. The molecule has 2 aliphatic rings. The maximum absolute atomic E-state index is 13.5. The molecule has 1 atom stereocenters. The van der Waals surface area contributed by atoms with Gasteiger partial charge in [0.05, 0.1) is 17.3 Å². The van der Waals surface area contributed by atoms with Crippen molar-refractivity contribution >= 4 is 38.9 Å². The number of carbonyl (C=O) groups excluding carboxylic acids is 2. The fraction of sp³-hybridized carbons (Fsp3) is 0.414. The molecule has 194 valence electrons. The first kappa shape index (κ1) is 25.5. The zero-order chi connectivity index (χ0) is 26.2. The zero-order valence-corrected chi connectivity index (χ0v) is 23.0. The molecule has 2 saturated heterocycles. The van der Waals surface area contributed by atoms with Gasteiger partial charge in [0.1, 0.15) is 12.2 Å². The van der Waals surface area contributed by atoms with E-state index in [1.54, 1.807) is 11.1 Å². The Labute approximate surface area is 225 Å². The third kappa shape index (κ3) is 5.17. The lowest BCUT2D eigenvalue weighted by Crippen LogP contribution is -2.67. The molecular weight excluding hydrogens is 534 g/mol. The van der Waals surface area contributed by atoms with E-state index in [0.717, 1.165) is 32.9 Å². The summed E-state index contributed by atoms with van der Waals surface area (Å²) in [7, 11) is 0. The molecule has 1 aromatic heterocycles. The highest BCUT2D eigenvalue weighted by atomic mass is 79.9. The SMILES string of the molecule is CC(C)(C)OC(=O)N1C(c2nccc3c(Br)cccc23)CC12CCN(C(=O)OCc1ccccc1)CC2. The second kappa shape index (κ2) is 9.97. The van der Waals surface area contributed by atoms with E-state index in [0.29, 0.717) is 25.9 Å². The number of pyridine rings is 1. The Hall–Kier alpha value is -3.13. The standard InChI is InChI=1S/C29H32BrN3O4/c1-28(2,3)37-27(35)33-24(25-22-10-7-11-23(30)21(22)12-15-31-25)18-29(33)13-16-32(17-14-29)26(34)36-19-20-8-5-4-6-9-20/h4-12,15,24H,13-14,16-19H2,1-3H3. The van der Waals surface area contributed by atoms with E-state index in [2.05, 4.69) is 15.9 Å². The van der Waals surface area contributed by atoms with Gasteiger partial charge in [0, 0.05) is 29.1 Å². The minimum atomic E-state index is -0.616. The number of nitrogens with zero attached hydrogens (tertiary/aromatic N) is 3. The van der Waals surface area contributed by atoms with E-state index in [9.17, 15) is 9.59 Å². The third-order valence-electron chi connectivity index (χ3n) is 7.24. The van der Waals surface area contributed by atoms with Crippen molar-refractivity contribution in [3.63, 3.8) is 0 Å². The van der Waals surface area contributed by atoms with Crippen LogP contribution in [0.25, 0.3) is 10.8 Å². The predicted octanol–water partition coefficient (Wildman–Crippen LogP) is 6.85. The Kier molecular flexibility index (Phi) is 6.88. The Morgan fingerprint density at radius 2 is 1.73 bits per heavy atom. The van der Waals surface area contributed by atoms with Crippen LogP contribution in [0, 0.1) is 0 Å². The van der Waals surface area contributed by atoms with E-state index >= 15 is 0 Å². The van der Waals surface area contributed by atoms with Gasteiger partial charge in [-0.15, -0.1) is 0 Å². The molecule has 5 rings (SSSR count). The monoisotopic (exact) mass is 565 g/mol. The summed E-state index contributed by atoms with van der Waals surface area (Å²) in [6.45, 7) is 6.93. The lowest BCUT2D eigenvalue weighted by Gasteiger charge is -2.60. The Morgan fingerprint density at radius 1 is 1.00 bits per heavy atom. The number of ether oxygens (including phenoxy) is 2. The Bertz CT molecular complexity index is 1300. The number of carbonyl (C=O) groups is 2. The van der Waals surface area contributed by atoms with E-state index in [1.807, 2.05) is 80.3 Å². The Morgan fingerprint density at radius 3 is 2.43 bits per heavy atom. The molecule has 2 aromatic carbocycles. The average molecular weight is 566 g/mol. The second-order valence-corrected chi connectivity index (χ2v) is 11.7. The molecule has 8 heteroatoms. The number of benzene rings is 2. The minimum Gasteiger partial charge on any atom is -0.445 e. The van der Waals surface area contributed by atoms with Crippen molar-refractivity contribution in [2.24, 2.45) is 0 Å². The van der Waals surface area contributed by atoms with Crippen LogP contribution in [0.5, 0.6) is 0 Å². The van der Waals surface area contributed by atoms with Crippen LogP contribution in [0.3, 0.4) is 0 Å². The molecule has 0 radical (unpaired) electrons. The second-order valence-electron chi connectivity index (χ2n) is 10.9. The first-order valence-corrected chi connectivity index (χ1v) is 13.5. The molecule has 0 aliphatic carbocycles. The molecule has 3 aromatic rings. The number of halogens is 1. The van der Waals surface area contributed by atoms with Crippen LogP contribution in [0.4, 0.5) is 9.59 Å². The summed E-state index contributed by atoms with van der Waals surface area (Å²) in [5.41, 5.74) is 0.839. The van der Waals surface area contributed by atoms with Crippen molar-refractivity contribution in [1.29, 1.82) is 0 Å². The number of hydrogen-bond acceptors (Lipinski definition) is 5. The molecule has 1 unspecified atom stereocenters. The largest absolute Gasteiger partial charge is 0.445 e. The third-order valence-corrected chi connectivity index (χ3v) is 7.93. The summed E-state index contributed by atoms with van der Waals surface area (Å²) >= 11 is 3.64. The van der Waals surface area contributed by atoms with Gasteiger partial charge >= 0.3 is 12.2 Å². The molecule has 2 amide bonds. The maximum atomic E-state index is 13.5. The van der Waals surface area contributed by atoms with Crippen LogP contribution in [-0.2, 0) is 16.1 Å². The fourth-order valence-corrected chi connectivity index (χ4v) is 5.94. The molecule has 2 fully saturated rings. The van der Waals surface area contributed by atoms with E-state index in [-0.39, 0.29) is 30.4 Å². The molecule has 37 heavy (non-hydrogen) atoms. The summed E-state index contributed by atoms with van der Waals surface area (Å²) in [6.07, 6.45) is 3.25. The summed E-state index contributed by atoms with van der Waals surface area (Å²) in [4.78, 5) is 34.6. The highest BCUT2D eigenvalue weighted by molar-refractivity contribution is 9.10. The first-order chi connectivity index (χ1) is 17.7. The smallest absolute Gasteiger partial charge is 0.411 e. The Balaban J connectivity index is 1.34. The summed E-state index contributed by atoms with van der Waals surface area (Å²) in [6, 6.07) is 17.5. The maximum Gasteiger partial charge on any atom is 0.411 e. The minimum absolute atomic E-state index is 0.190. The van der Waals surface area contributed by atoms with Gasteiger partial charge < -0.3 is 14.4 Å². The molecule has 0 saturated carbocycles.